The zero-order chi connectivity index (χ0) is 17.1. The minimum Gasteiger partial charge on any atom is -0.378 e. The fraction of sp³-hybridized carbons (Fsp3) is 0.650. The first-order chi connectivity index (χ1) is 12.3. The van der Waals surface area contributed by atoms with Gasteiger partial charge >= 0.3 is 0 Å². The molecule has 1 aromatic carbocycles. The first-order valence-corrected chi connectivity index (χ1v) is 9.51. The lowest BCUT2D eigenvalue weighted by molar-refractivity contribution is -0.136. The zero-order valence-electron chi connectivity index (χ0n) is 14.8. The van der Waals surface area contributed by atoms with E-state index < -0.39 is 0 Å². The predicted molar refractivity (Wildman–Crippen MR) is 95.1 cm³/mol. The molecule has 1 aromatic rings. The molecule has 4 rings (SSSR count). The van der Waals surface area contributed by atoms with Crippen molar-refractivity contribution >= 4 is 5.91 Å². The number of amides is 1. The molecule has 2 aliphatic heterocycles. The van der Waals surface area contributed by atoms with E-state index in [2.05, 4.69) is 29.2 Å². The normalized spacial score (nSPS) is 29.8. The molecule has 0 aromatic heterocycles. The second kappa shape index (κ2) is 7.85. The lowest BCUT2D eigenvalue weighted by Gasteiger charge is -2.29. The van der Waals surface area contributed by atoms with Crippen molar-refractivity contribution in [3.05, 3.63) is 35.9 Å². The summed E-state index contributed by atoms with van der Waals surface area (Å²) in [6.45, 7) is 6.23. The molecule has 3 atom stereocenters. The van der Waals surface area contributed by atoms with Crippen molar-refractivity contribution in [2.24, 2.45) is 11.8 Å². The van der Waals surface area contributed by atoms with E-state index >= 15 is 0 Å². The summed E-state index contributed by atoms with van der Waals surface area (Å²) < 4.78 is 11.5. The molecule has 1 aliphatic carbocycles. The second-order valence-corrected chi connectivity index (χ2v) is 7.60. The molecule has 0 radical (unpaired) electrons. The number of nitrogens with zero attached hydrogens (tertiary/aromatic N) is 2. The molecule has 0 spiro atoms. The Labute approximate surface area is 149 Å². The third-order valence-electron chi connectivity index (χ3n) is 5.83. The number of hydrogen-bond donors (Lipinski definition) is 0. The summed E-state index contributed by atoms with van der Waals surface area (Å²) in [4.78, 5) is 16.7. The summed E-state index contributed by atoms with van der Waals surface area (Å²) in [7, 11) is 0. The van der Waals surface area contributed by atoms with Crippen LogP contribution >= 0.6 is 0 Å². The lowest BCUT2D eigenvalue weighted by Crippen LogP contribution is -2.45. The van der Waals surface area contributed by atoms with Crippen molar-refractivity contribution < 1.29 is 14.3 Å². The van der Waals surface area contributed by atoms with Gasteiger partial charge in [-0.1, -0.05) is 30.3 Å². The van der Waals surface area contributed by atoms with E-state index in [0.29, 0.717) is 44.3 Å². The summed E-state index contributed by atoms with van der Waals surface area (Å²) in [5.41, 5.74) is 1.25. The largest absolute Gasteiger partial charge is 0.378 e. The van der Waals surface area contributed by atoms with E-state index in [-0.39, 0.29) is 5.91 Å². The molecule has 0 bridgehead atoms. The standard InChI is InChI=1S/C20H28N2O3/c23-20(22-6-8-24-9-7-22)14-21-12-17-10-19(11-18(17)13-21)25-15-16-4-2-1-3-5-16/h1-5,17-19H,6-15H2/t17-,18+,19?. The number of fused-ring (bicyclic) bond motifs is 1. The Kier molecular flexibility index (Phi) is 5.34. The van der Waals surface area contributed by atoms with Crippen LogP contribution in [0.25, 0.3) is 0 Å². The van der Waals surface area contributed by atoms with Gasteiger partial charge in [-0.15, -0.1) is 0 Å². The maximum absolute atomic E-state index is 12.4. The molecule has 2 saturated heterocycles. The molecule has 3 aliphatic rings. The van der Waals surface area contributed by atoms with Crippen LogP contribution in [0.5, 0.6) is 0 Å². The van der Waals surface area contributed by atoms with Crippen LogP contribution < -0.4 is 0 Å². The van der Waals surface area contributed by atoms with E-state index in [9.17, 15) is 4.79 Å². The van der Waals surface area contributed by atoms with Crippen molar-refractivity contribution in [3.8, 4) is 0 Å². The van der Waals surface area contributed by atoms with Gasteiger partial charge in [0.25, 0.3) is 0 Å². The molecule has 1 amide bonds. The Balaban J connectivity index is 1.20. The number of morpholine rings is 1. The summed E-state index contributed by atoms with van der Waals surface area (Å²) >= 11 is 0. The highest BCUT2D eigenvalue weighted by Gasteiger charge is 2.41. The number of ether oxygens (including phenoxy) is 2. The smallest absolute Gasteiger partial charge is 0.236 e. The Morgan fingerprint density at radius 2 is 1.76 bits per heavy atom. The van der Waals surface area contributed by atoms with Crippen LogP contribution in [0.1, 0.15) is 18.4 Å². The third kappa shape index (κ3) is 4.22. The van der Waals surface area contributed by atoms with Crippen molar-refractivity contribution in [3.63, 3.8) is 0 Å². The molecule has 2 heterocycles. The first-order valence-electron chi connectivity index (χ1n) is 9.51. The second-order valence-electron chi connectivity index (χ2n) is 7.60. The summed E-state index contributed by atoms with van der Waals surface area (Å²) in [5.74, 6) is 1.65. The fourth-order valence-corrected chi connectivity index (χ4v) is 4.50. The van der Waals surface area contributed by atoms with Gasteiger partial charge in [0.2, 0.25) is 5.91 Å². The number of benzene rings is 1. The summed E-state index contributed by atoms with van der Waals surface area (Å²) in [6, 6.07) is 10.4. The Bertz CT molecular complexity index is 560. The van der Waals surface area contributed by atoms with Crippen LogP contribution in [-0.4, -0.2) is 67.7 Å². The lowest BCUT2D eigenvalue weighted by atomic mass is 10.0. The first kappa shape index (κ1) is 17.0. The molecule has 1 unspecified atom stereocenters. The van der Waals surface area contributed by atoms with Gasteiger partial charge in [0, 0.05) is 26.2 Å². The van der Waals surface area contributed by atoms with Crippen molar-refractivity contribution in [1.82, 2.24) is 9.80 Å². The Hall–Kier alpha value is -1.43. The highest BCUT2D eigenvalue weighted by molar-refractivity contribution is 5.78. The number of hydrogen-bond acceptors (Lipinski definition) is 4. The van der Waals surface area contributed by atoms with Gasteiger partial charge < -0.3 is 14.4 Å². The van der Waals surface area contributed by atoms with Gasteiger partial charge in [-0.05, 0) is 30.2 Å². The maximum atomic E-state index is 12.4. The van der Waals surface area contributed by atoms with E-state index in [1.165, 1.54) is 5.56 Å². The average molecular weight is 344 g/mol. The number of rotatable bonds is 5. The molecular weight excluding hydrogens is 316 g/mol. The Morgan fingerprint density at radius 3 is 2.44 bits per heavy atom. The molecule has 5 heteroatoms. The van der Waals surface area contributed by atoms with Crippen LogP contribution in [0.15, 0.2) is 30.3 Å². The number of carbonyl (C=O) groups is 1. The molecule has 0 N–H and O–H groups in total. The molecule has 5 nitrogen and oxygen atoms in total. The minimum atomic E-state index is 0.264. The topological polar surface area (TPSA) is 42.0 Å². The number of likely N-dealkylation sites (tertiary alicyclic amines) is 1. The van der Waals surface area contributed by atoms with Crippen molar-refractivity contribution in [2.75, 3.05) is 45.9 Å². The zero-order valence-corrected chi connectivity index (χ0v) is 14.8. The minimum absolute atomic E-state index is 0.264. The van der Waals surface area contributed by atoms with Crippen LogP contribution in [0, 0.1) is 11.8 Å². The molecule has 136 valence electrons. The van der Waals surface area contributed by atoms with Crippen molar-refractivity contribution in [1.29, 1.82) is 0 Å². The third-order valence-corrected chi connectivity index (χ3v) is 5.83. The molecule has 1 saturated carbocycles. The van der Waals surface area contributed by atoms with Crippen LogP contribution in [0.3, 0.4) is 0 Å². The predicted octanol–water partition coefficient (Wildman–Crippen LogP) is 1.77. The highest BCUT2D eigenvalue weighted by atomic mass is 16.5. The van der Waals surface area contributed by atoms with Gasteiger partial charge in [0.05, 0.1) is 32.5 Å². The average Bonchev–Trinajstić information content (AvgIpc) is 3.19. The highest BCUT2D eigenvalue weighted by Crippen LogP contribution is 2.39. The van der Waals surface area contributed by atoms with Gasteiger partial charge in [-0.3, -0.25) is 9.69 Å². The maximum Gasteiger partial charge on any atom is 0.236 e. The van der Waals surface area contributed by atoms with E-state index in [1.807, 2.05) is 11.0 Å². The van der Waals surface area contributed by atoms with Crippen LogP contribution in [-0.2, 0) is 20.9 Å². The van der Waals surface area contributed by atoms with Crippen molar-refractivity contribution in [2.45, 2.75) is 25.6 Å². The van der Waals surface area contributed by atoms with E-state index in [0.717, 1.165) is 39.0 Å². The van der Waals surface area contributed by atoms with Gasteiger partial charge in [0.15, 0.2) is 0 Å². The molecule has 3 fully saturated rings. The SMILES string of the molecule is O=C(CN1C[C@H]2CC(OCc3ccccc3)C[C@H]2C1)N1CCOCC1. The Morgan fingerprint density at radius 1 is 1.08 bits per heavy atom. The summed E-state index contributed by atoms with van der Waals surface area (Å²) in [6.07, 6.45) is 2.66. The summed E-state index contributed by atoms with van der Waals surface area (Å²) in [5, 5.41) is 0. The molecule has 25 heavy (non-hydrogen) atoms. The number of carbonyl (C=O) groups excluding carboxylic acids is 1. The van der Waals surface area contributed by atoms with Gasteiger partial charge in [-0.25, -0.2) is 0 Å². The van der Waals surface area contributed by atoms with E-state index in [4.69, 9.17) is 9.47 Å². The quantitative estimate of drug-likeness (QED) is 0.816. The van der Waals surface area contributed by atoms with Gasteiger partial charge in [0.1, 0.15) is 0 Å². The fourth-order valence-electron chi connectivity index (χ4n) is 4.50. The van der Waals surface area contributed by atoms with Crippen LogP contribution in [0.4, 0.5) is 0 Å². The monoisotopic (exact) mass is 344 g/mol. The van der Waals surface area contributed by atoms with E-state index in [1.54, 1.807) is 0 Å². The molecular formula is C20H28N2O3. The van der Waals surface area contributed by atoms with Gasteiger partial charge in [-0.2, -0.15) is 0 Å². The van der Waals surface area contributed by atoms with Crippen LogP contribution in [0.2, 0.25) is 0 Å².